The molecule has 1 aromatic heterocycles. The Balaban J connectivity index is 2.43. The van der Waals surface area contributed by atoms with Gasteiger partial charge in [-0.2, -0.15) is 0 Å². The van der Waals surface area contributed by atoms with Crippen molar-refractivity contribution in [2.45, 2.75) is 19.8 Å². The number of ether oxygens (including phenoxy) is 1. The van der Waals surface area contributed by atoms with E-state index in [9.17, 15) is 0 Å². The highest BCUT2D eigenvalue weighted by Crippen LogP contribution is 2.19. The largest absolute Gasteiger partial charge is 0.476 e. The summed E-state index contributed by atoms with van der Waals surface area (Å²) in [5.41, 5.74) is 1.92. The lowest BCUT2D eigenvalue weighted by molar-refractivity contribution is 0.272. The van der Waals surface area contributed by atoms with Crippen LogP contribution in [0.1, 0.15) is 17.8 Å². The van der Waals surface area contributed by atoms with Crippen molar-refractivity contribution in [3.63, 3.8) is 0 Å². The van der Waals surface area contributed by atoms with Crippen LogP contribution in [0, 0.1) is 6.92 Å². The molecule has 3 heteroatoms. The Bertz CT molecular complexity index is 273. The average molecular weight is 150 g/mol. The van der Waals surface area contributed by atoms with E-state index < -0.39 is 0 Å². The number of hydrogen-bond donors (Lipinski definition) is 0. The van der Waals surface area contributed by atoms with Crippen LogP contribution in [-0.2, 0) is 6.42 Å². The smallest absolute Gasteiger partial charge is 0.235 e. The third kappa shape index (κ3) is 1.18. The number of hydrogen-bond acceptors (Lipinski definition) is 3. The average Bonchev–Trinajstić information content (AvgIpc) is 2.04. The van der Waals surface area contributed by atoms with Gasteiger partial charge < -0.3 is 4.74 Å². The van der Waals surface area contributed by atoms with Crippen LogP contribution < -0.4 is 4.74 Å². The molecule has 0 spiro atoms. The van der Waals surface area contributed by atoms with Gasteiger partial charge in [0.1, 0.15) is 5.69 Å². The van der Waals surface area contributed by atoms with Crippen molar-refractivity contribution < 1.29 is 4.74 Å². The summed E-state index contributed by atoms with van der Waals surface area (Å²) in [4.78, 5) is 8.46. The second-order valence-corrected chi connectivity index (χ2v) is 2.72. The van der Waals surface area contributed by atoms with Crippen molar-refractivity contribution in [1.82, 2.24) is 9.97 Å². The quantitative estimate of drug-likeness (QED) is 0.555. The Morgan fingerprint density at radius 2 is 2.45 bits per heavy atom. The SMILES string of the molecule is Cc1cnc2c(n1)OCCC2. The van der Waals surface area contributed by atoms with Gasteiger partial charge in [-0.3, -0.25) is 4.98 Å². The van der Waals surface area contributed by atoms with E-state index in [0.29, 0.717) is 0 Å². The van der Waals surface area contributed by atoms with E-state index in [1.165, 1.54) is 0 Å². The fourth-order valence-electron chi connectivity index (χ4n) is 1.18. The van der Waals surface area contributed by atoms with Gasteiger partial charge in [0.25, 0.3) is 0 Å². The topological polar surface area (TPSA) is 35.0 Å². The van der Waals surface area contributed by atoms with E-state index in [0.717, 1.165) is 36.7 Å². The van der Waals surface area contributed by atoms with E-state index >= 15 is 0 Å². The van der Waals surface area contributed by atoms with Crippen LogP contribution in [0.4, 0.5) is 0 Å². The zero-order valence-electron chi connectivity index (χ0n) is 6.50. The van der Waals surface area contributed by atoms with Gasteiger partial charge in [-0.25, -0.2) is 4.98 Å². The summed E-state index contributed by atoms with van der Waals surface area (Å²) in [6.45, 7) is 2.70. The Kier molecular flexibility index (Phi) is 1.49. The summed E-state index contributed by atoms with van der Waals surface area (Å²) in [6.07, 6.45) is 3.85. The molecule has 0 aromatic carbocycles. The van der Waals surface area contributed by atoms with Gasteiger partial charge in [0.2, 0.25) is 5.88 Å². The van der Waals surface area contributed by atoms with E-state index in [2.05, 4.69) is 9.97 Å². The maximum atomic E-state index is 5.33. The van der Waals surface area contributed by atoms with Crippen LogP contribution in [0.25, 0.3) is 0 Å². The zero-order valence-corrected chi connectivity index (χ0v) is 6.50. The fourth-order valence-corrected chi connectivity index (χ4v) is 1.18. The van der Waals surface area contributed by atoms with Crippen molar-refractivity contribution in [2.75, 3.05) is 6.61 Å². The molecule has 0 fully saturated rings. The molecule has 0 bridgehead atoms. The van der Waals surface area contributed by atoms with Gasteiger partial charge >= 0.3 is 0 Å². The molecule has 0 unspecified atom stereocenters. The molecule has 11 heavy (non-hydrogen) atoms. The maximum Gasteiger partial charge on any atom is 0.235 e. The lowest BCUT2D eigenvalue weighted by atomic mass is 10.2. The molecule has 0 atom stereocenters. The van der Waals surface area contributed by atoms with E-state index in [4.69, 9.17) is 4.74 Å². The molecule has 3 nitrogen and oxygen atoms in total. The zero-order chi connectivity index (χ0) is 7.68. The molecule has 0 amide bonds. The number of fused-ring (bicyclic) bond motifs is 1. The van der Waals surface area contributed by atoms with Gasteiger partial charge in [0, 0.05) is 6.20 Å². The molecule has 1 aliphatic heterocycles. The third-order valence-corrected chi connectivity index (χ3v) is 1.73. The monoisotopic (exact) mass is 150 g/mol. The summed E-state index contributed by atoms with van der Waals surface area (Å²) in [6, 6.07) is 0. The Morgan fingerprint density at radius 1 is 1.55 bits per heavy atom. The van der Waals surface area contributed by atoms with E-state index in [-0.39, 0.29) is 0 Å². The first kappa shape index (κ1) is 6.58. The highest BCUT2D eigenvalue weighted by molar-refractivity contribution is 5.21. The van der Waals surface area contributed by atoms with Gasteiger partial charge in [0.05, 0.1) is 12.3 Å². The molecule has 2 heterocycles. The fraction of sp³-hybridized carbons (Fsp3) is 0.500. The van der Waals surface area contributed by atoms with E-state index in [1.807, 2.05) is 6.92 Å². The molecule has 0 aliphatic carbocycles. The van der Waals surface area contributed by atoms with Crippen LogP contribution in [-0.4, -0.2) is 16.6 Å². The highest BCUT2D eigenvalue weighted by Gasteiger charge is 2.11. The van der Waals surface area contributed by atoms with Gasteiger partial charge in [0.15, 0.2) is 0 Å². The second-order valence-electron chi connectivity index (χ2n) is 2.72. The Labute approximate surface area is 65.4 Å². The number of aryl methyl sites for hydroxylation is 2. The summed E-state index contributed by atoms with van der Waals surface area (Å²) in [5, 5.41) is 0. The summed E-state index contributed by atoms with van der Waals surface area (Å²) in [5.74, 6) is 0.733. The van der Waals surface area contributed by atoms with Crippen molar-refractivity contribution in [1.29, 1.82) is 0 Å². The highest BCUT2D eigenvalue weighted by atomic mass is 16.5. The molecule has 0 saturated carbocycles. The number of rotatable bonds is 0. The van der Waals surface area contributed by atoms with Gasteiger partial charge in [-0.1, -0.05) is 0 Å². The summed E-state index contributed by atoms with van der Waals surface area (Å²) < 4.78 is 5.33. The van der Waals surface area contributed by atoms with Crippen LogP contribution in [0.5, 0.6) is 5.88 Å². The van der Waals surface area contributed by atoms with Crippen LogP contribution in [0.2, 0.25) is 0 Å². The molecule has 1 aliphatic rings. The van der Waals surface area contributed by atoms with Crippen molar-refractivity contribution in [2.24, 2.45) is 0 Å². The molecule has 1 aromatic rings. The minimum absolute atomic E-state index is 0.733. The van der Waals surface area contributed by atoms with Crippen LogP contribution >= 0.6 is 0 Å². The second kappa shape index (κ2) is 2.49. The predicted molar refractivity (Wildman–Crippen MR) is 40.6 cm³/mol. The number of nitrogens with zero attached hydrogens (tertiary/aromatic N) is 2. The minimum Gasteiger partial charge on any atom is -0.476 e. The van der Waals surface area contributed by atoms with Crippen LogP contribution in [0.3, 0.4) is 0 Å². The van der Waals surface area contributed by atoms with Crippen molar-refractivity contribution in [3.05, 3.63) is 17.6 Å². The molecular weight excluding hydrogens is 140 g/mol. The summed E-state index contributed by atoms with van der Waals surface area (Å²) in [7, 11) is 0. The predicted octanol–water partition coefficient (Wildman–Crippen LogP) is 1.11. The molecule has 0 saturated heterocycles. The molecule has 58 valence electrons. The van der Waals surface area contributed by atoms with Gasteiger partial charge in [-0.15, -0.1) is 0 Å². The first-order valence-corrected chi connectivity index (χ1v) is 3.81. The molecule has 0 radical (unpaired) electrons. The Morgan fingerprint density at radius 3 is 3.36 bits per heavy atom. The number of aromatic nitrogens is 2. The first-order valence-electron chi connectivity index (χ1n) is 3.81. The van der Waals surface area contributed by atoms with Crippen molar-refractivity contribution in [3.8, 4) is 5.88 Å². The normalized spacial score (nSPS) is 15.4. The van der Waals surface area contributed by atoms with Crippen molar-refractivity contribution >= 4 is 0 Å². The van der Waals surface area contributed by atoms with Crippen LogP contribution in [0.15, 0.2) is 6.20 Å². The van der Waals surface area contributed by atoms with E-state index in [1.54, 1.807) is 6.20 Å². The Hall–Kier alpha value is -1.12. The van der Waals surface area contributed by atoms with Gasteiger partial charge in [-0.05, 0) is 19.8 Å². The first-order chi connectivity index (χ1) is 5.36. The lowest BCUT2D eigenvalue weighted by Crippen LogP contribution is -2.11. The molecule has 0 N–H and O–H groups in total. The standard InChI is InChI=1S/C8H10N2O/c1-6-5-9-7-3-2-4-11-8(7)10-6/h5H,2-4H2,1H3. The molecule has 2 rings (SSSR count). The maximum absolute atomic E-state index is 5.33. The minimum atomic E-state index is 0.733. The summed E-state index contributed by atoms with van der Waals surface area (Å²) >= 11 is 0. The third-order valence-electron chi connectivity index (χ3n) is 1.73. The molecular formula is C8H10N2O. The lowest BCUT2D eigenvalue weighted by Gasteiger charge is -2.14.